The molecule has 0 aromatic heterocycles. The van der Waals surface area contributed by atoms with Crippen LogP contribution in [-0.2, 0) is 14.0 Å². The van der Waals surface area contributed by atoms with Gasteiger partial charge in [-0.3, -0.25) is 4.90 Å². The molecule has 36 heavy (non-hydrogen) atoms. The highest BCUT2D eigenvalue weighted by Gasteiger charge is 2.51. The maximum atomic E-state index is 14.1. The summed E-state index contributed by atoms with van der Waals surface area (Å²) in [7, 11) is -0.388. The third kappa shape index (κ3) is 5.06. The fourth-order valence-corrected chi connectivity index (χ4v) is 5.32. The second-order valence-corrected chi connectivity index (χ2v) is 11.4. The molecule has 5 rings (SSSR count). The number of hydrogen-bond donors (Lipinski definition) is 0. The van der Waals surface area contributed by atoms with E-state index in [9.17, 15) is 8.78 Å². The Morgan fingerprint density at radius 3 is 2.39 bits per heavy atom. The average molecular weight is 499 g/mol. The van der Waals surface area contributed by atoms with Gasteiger partial charge in [-0.05, 0) is 89.2 Å². The minimum absolute atomic E-state index is 0.102. The van der Waals surface area contributed by atoms with Crippen LogP contribution >= 0.6 is 0 Å². The molecule has 0 radical (unpaired) electrons. The van der Waals surface area contributed by atoms with Crippen LogP contribution in [0.1, 0.15) is 64.2 Å². The third-order valence-corrected chi connectivity index (χ3v) is 8.27. The maximum absolute atomic E-state index is 14.1. The summed E-state index contributed by atoms with van der Waals surface area (Å²) in [5.41, 5.74) is 1.62. The fraction of sp³-hybridized carbons (Fsp3) is 0.571. The Bertz CT molecular complexity index is 1090. The van der Waals surface area contributed by atoms with Crippen LogP contribution in [0.4, 0.5) is 8.78 Å². The van der Waals surface area contributed by atoms with Crippen molar-refractivity contribution in [2.75, 3.05) is 19.7 Å². The topological polar surface area (TPSA) is 40.2 Å². The van der Waals surface area contributed by atoms with Gasteiger partial charge in [0.25, 0.3) is 0 Å². The Hall–Kier alpha value is -2.00. The summed E-state index contributed by atoms with van der Waals surface area (Å²) in [6.07, 6.45) is 2.21. The smallest absolute Gasteiger partial charge is 0.489 e. The molecule has 3 aliphatic rings. The Morgan fingerprint density at radius 2 is 1.72 bits per heavy atom. The van der Waals surface area contributed by atoms with Crippen molar-refractivity contribution in [2.45, 2.75) is 83.3 Å². The van der Waals surface area contributed by atoms with Crippen LogP contribution in [0.15, 0.2) is 36.4 Å². The predicted molar refractivity (Wildman–Crippen MR) is 136 cm³/mol. The Labute approximate surface area is 213 Å². The summed E-state index contributed by atoms with van der Waals surface area (Å²) in [6.45, 7) is 12.5. The first-order valence-corrected chi connectivity index (χ1v) is 13.0. The number of nitrogens with zero attached hydrogens (tertiary/aromatic N) is 1. The van der Waals surface area contributed by atoms with E-state index < -0.39 is 17.7 Å². The molecule has 0 amide bonds. The molecular weight excluding hydrogens is 463 g/mol. The van der Waals surface area contributed by atoms with Crippen molar-refractivity contribution in [3.63, 3.8) is 0 Å². The summed E-state index contributed by atoms with van der Waals surface area (Å²) in [5, 5.41) is 0. The van der Waals surface area contributed by atoms with E-state index in [2.05, 4.69) is 45.6 Å². The minimum atomic E-state index is -0.434. The zero-order valence-corrected chi connectivity index (χ0v) is 21.9. The second-order valence-electron chi connectivity index (χ2n) is 11.4. The van der Waals surface area contributed by atoms with Gasteiger partial charge in [0.2, 0.25) is 0 Å². The SMILES string of the molecule is Cc1cc(B2OC(C)(C)C(C)(C)O2)ccc1O[C@@H]1CCN([C@H]2CC[C@@H](c3cc(F)ccc3F)OC2)C1. The molecule has 0 aliphatic carbocycles. The Balaban J connectivity index is 1.15. The molecule has 3 heterocycles. The average Bonchev–Trinajstić information content (AvgIpc) is 3.38. The number of ether oxygens (including phenoxy) is 2. The van der Waals surface area contributed by atoms with Crippen LogP contribution in [0.5, 0.6) is 5.75 Å². The number of aryl methyl sites for hydroxylation is 1. The van der Waals surface area contributed by atoms with E-state index >= 15 is 0 Å². The highest BCUT2D eigenvalue weighted by atomic mass is 19.1. The molecule has 0 spiro atoms. The van der Waals surface area contributed by atoms with Gasteiger partial charge in [-0.1, -0.05) is 12.1 Å². The summed E-state index contributed by atoms with van der Waals surface area (Å²) >= 11 is 0. The van der Waals surface area contributed by atoms with E-state index in [1.807, 2.05) is 12.1 Å². The lowest BCUT2D eigenvalue weighted by atomic mass is 9.78. The van der Waals surface area contributed by atoms with Gasteiger partial charge < -0.3 is 18.8 Å². The van der Waals surface area contributed by atoms with Gasteiger partial charge >= 0.3 is 7.12 Å². The van der Waals surface area contributed by atoms with Crippen molar-refractivity contribution >= 4 is 12.6 Å². The van der Waals surface area contributed by atoms with Crippen molar-refractivity contribution in [3.05, 3.63) is 59.2 Å². The van der Waals surface area contributed by atoms with E-state index in [4.69, 9.17) is 18.8 Å². The first kappa shape index (κ1) is 25.6. The largest absolute Gasteiger partial charge is 0.494 e. The molecule has 8 heteroatoms. The Kier molecular flexibility index (Phi) is 6.92. The lowest BCUT2D eigenvalue weighted by Crippen LogP contribution is -2.41. The molecule has 0 unspecified atom stereocenters. The molecule has 2 aromatic rings. The van der Waals surface area contributed by atoms with E-state index in [1.165, 1.54) is 12.1 Å². The van der Waals surface area contributed by atoms with Crippen LogP contribution in [-0.4, -0.2) is 55.1 Å². The van der Waals surface area contributed by atoms with Crippen molar-refractivity contribution in [1.82, 2.24) is 4.90 Å². The van der Waals surface area contributed by atoms with Gasteiger partial charge in [0.1, 0.15) is 23.5 Å². The predicted octanol–water partition coefficient (Wildman–Crippen LogP) is 4.95. The van der Waals surface area contributed by atoms with Crippen molar-refractivity contribution in [1.29, 1.82) is 0 Å². The third-order valence-electron chi connectivity index (χ3n) is 8.27. The zero-order valence-electron chi connectivity index (χ0n) is 21.9. The lowest BCUT2D eigenvalue weighted by molar-refractivity contribution is -0.0361. The van der Waals surface area contributed by atoms with Gasteiger partial charge in [0.15, 0.2) is 0 Å². The molecule has 0 bridgehead atoms. The highest BCUT2D eigenvalue weighted by Crippen LogP contribution is 2.37. The number of benzene rings is 2. The van der Waals surface area contributed by atoms with Crippen LogP contribution in [0.2, 0.25) is 0 Å². The van der Waals surface area contributed by atoms with Gasteiger partial charge in [-0.2, -0.15) is 0 Å². The fourth-order valence-electron chi connectivity index (χ4n) is 5.32. The molecule has 194 valence electrons. The molecule has 3 atom stereocenters. The van der Waals surface area contributed by atoms with Gasteiger partial charge in [0.05, 0.1) is 23.9 Å². The maximum Gasteiger partial charge on any atom is 0.494 e. The molecule has 3 fully saturated rings. The number of hydrogen-bond acceptors (Lipinski definition) is 5. The lowest BCUT2D eigenvalue weighted by Gasteiger charge is -2.35. The number of halogens is 2. The molecule has 0 N–H and O–H groups in total. The molecular formula is C28H36BF2NO4. The highest BCUT2D eigenvalue weighted by molar-refractivity contribution is 6.62. The standard InChI is InChI=1S/C28H36BF2NO4/c1-18-14-19(29-35-27(2,3)28(4,5)36-29)6-10-25(18)34-22-12-13-32(16-22)21-8-11-26(33-17-21)23-15-20(30)7-9-24(23)31/h6-7,9-10,14-15,21-22,26H,8,11-13,16-17H2,1-5H3/t21-,22+,26-/m0/s1. The van der Waals surface area contributed by atoms with Crippen molar-refractivity contribution in [2.24, 2.45) is 0 Å². The second kappa shape index (κ2) is 9.71. The zero-order chi connectivity index (χ0) is 25.7. The first-order chi connectivity index (χ1) is 17.0. The molecule has 3 saturated heterocycles. The Morgan fingerprint density at radius 1 is 0.972 bits per heavy atom. The normalized spacial score (nSPS) is 28.0. The summed E-state index contributed by atoms with van der Waals surface area (Å²) in [4.78, 5) is 2.40. The molecule has 3 aliphatic heterocycles. The molecule has 5 nitrogen and oxygen atoms in total. The first-order valence-electron chi connectivity index (χ1n) is 13.0. The van der Waals surface area contributed by atoms with Crippen LogP contribution in [0, 0.1) is 18.6 Å². The summed E-state index contributed by atoms with van der Waals surface area (Å²) in [5.74, 6) is 0.0361. The van der Waals surface area contributed by atoms with E-state index in [-0.39, 0.29) is 30.5 Å². The number of rotatable bonds is 5. The molecule has 2 aromatic carbocycles. The van der Waals surface area contributed by atoms with E-state index in [0.29, 0.717) is 18.6 Å². The van der Waals surface area contributed by atoms with Crippen molar-refractivity contribution in [3.8, 4) is 5.75 Å². The van der Waals surface area contributed by atoms with Crippen LogP contribution in [0.25, 0.3) is 0 Å². The monoisotopic (exact) mass is 499 g/mol. The summed E-state index contributed by atoms with van der Waals surface area (Å²) in [6, 6.07) is 9.95. The van der Waals surface area contributed by atoms with Crippen molar-refractivity contribution < 1.29 is 27.6 Å². The minimum Gasteiger partial charge on any atom is -0.489 e. The van der Waals surface area contributed by atoms with Crippen LogP contribution < -0.4 is 10.2 Å². The summed E-state index contributed by atoms with van der Waals surface area (Å²) < 4.78 is 52.5. The molecule has 0 saturated carbocycles. The van der Waals surface area contributed by atoms with Gasteiger partial charge in [-0.25, -0.2) is 8.78 Å². The number of likely N-dealkylation sites (tertiary alicyclic amines) is 1. The van der Waals surface area contributed by atoms with Gasteiger partial charge in [0, 0.05) is 24.7 Å². The van der Waals surface area contributed by atoms with Gasteiger partial charge in [-0.15, -0.1) is 0 Å². The van der Waals surface area contributed by atoms with E-state index in [1.54, 1.807) is 0 Å². The van der Waals surface area contributed by atoms with Crippen LogP contribution in [0.3, 0.4) is 0 Å². The van der Waals surface area contributed by atoms with E-state index in [0.717, 1.165) is 48.8 Å². The quantitative estimate of drug-likeness (QED) is 0.545.